The van der Waals surface area contributed by atoms with Gasteiger partial charge in [0.15, 0.2) is 0 Å². The predicted molar refractivity (Wildman–Crippen MR) is 157 cm³/mol. The fourth-order valence-corrected chi connectivity index (χ4v) is 7.19. The maximum Gasteiger partial charge on any atom is 0.308 e. The van der Waals surface area contributed by atoms with Crippen molar-refractivity contribution in [3.8, 4) is 11.3 Å². The second-order valence-electron chi connectivity index (χ2n) is 11.7. The summed E-state index contributed by atoms with van der Waals surface area (Å²) in [6.07, 6.45) is 3.93. The number of carbonyl (C=O) groups is 1. The zero-order valence-electron chi connectivity index (χ0n) is 24.3. The van der Waals surface area contributed by atoms with Crippen LogP contribution >= 0.6 is 11.3 Å². The molecule has 8 nitrogen and oxygen atoms in total. The molecule has 1 atom stereocenters. The fraction of sp³-hybridized carbons (Fsp3) is 0.419. The van der Waals surface area contributed by atoms with Gasteiger partial charge in [0.2, 0.25) is 5.91 Å². The Hall–Kier alpha value is -3.77. The number of amides is 1. The number of halogens is 3. The minimum atomic E-state index is -0.595. The smallest absolute Gasteiger partial charge is 0.308 e. The normalized spacial score (nSPS) is 17.7. The highest BCUT2D eigenvalue weighted by molar-refractivity contribution is 7.09. The van der Waals surface area contributed by atoms with Crippen molar-refractivity contribution in [2.75, 3.05) is 26.2 Å². The van der Waals surface area contributed by atoms with Gasteiger partial charge in [-0.1, -0.05) is 16.6 Å². The molecule has 1 aliphatic heterocycles. The van der Waals surface area contributed by atoms with Crippen molar-refractivity contribution in [1.29, 1.82) is 0 Å². The molecule has 0 unspecified atom stereocenters. The number of carbonyl (C=O) groups excluding carboxylic acids is 1. The summed E-state index contributed by atoms with van der Waals surface area (Å²) in [6.45, 7) is 7.99. The standard InChI is InChI=1S/C31H33F3N6O2S/c1-19-29(20-7-9-21(32)10-8-20)39(30(42)43-19)18-28(41)37-11-13-38(14-12-37)31(2,3)27-17-40(36-35-27)26-6-4-5-23-24(26)15-22(33)16-25(23)34/h7-10,15-17,26H,4-6,11-14,18H2,1-3H3/t26-/m1/s1. The lowest BCUT2D eigenvalue weighted by Crippen LogP contribution is -2.55. The number of piperazine rings is 1. The second-order valence-corrected chi connectivity index (χ2v) is 12.9. The summed E-state index contributed by atoms with van der Waals surface area (Å²) in [4.78, 5) is 30.6. The van der Waals surface area contributed by atoms with Gasteiger partial charge in [0.25, 0.3) is 0 Å². The van der Waals surface area contributed by atoms with Gasteiger partial charge in [0.05, 0.1) is 23.5 Å². The lowest BCUT2D eigenvalue weighted by atomic mass is 9.87. The molecule has 2 aromatic carbocycles. The Labute approximate surface area is 251 Å². The maximum absolute atomic E-state index is 14.5. The summed E-state index contributed by atoms with van der Waals surface area (Å²) in [5.41, 5.74) is 2.72. The molecule has 226 valence electrons. The number of hydrogen-bond donors (Lipinski definition) is 0. The van der Waals surface area contributed by atoms with Gasteiger partial charge in [-0.05, 0) is 87.1 Å². The maximum atomic E-state index is 14.5. The van der Waals surface area contributed by atoms with Crippen LogP contribution < -0.4 is 4.87 Å². The number of benzene rings is 2. The highest BCUT2D eigenvalue weighted by Crippen LogP contribution is 2.36. The van der Waals surface area contributed by atoms with Crippen molar-refractivity contribution >= 4 is 17.2 Å². The lowest BCUT2D eigenvalue weighted by Gasteiger charge is -2.43. The molecule has 1 amide bonds. The Balaban J connectivity index is 1.13. The van der Waals surface area contributed by atoms with E-state index in [0.29, 0.717) is 55.0 Å². The summed E-state index contributed by atoms with van der Waals surface area (Å²) in [7, 11) is 0. The van der Waals surface area contributed by atoms with E-state index >= 15 is 0 Å². The van der Waals surface area contributed by atoms with Crippen LogP contribution in [0.15, 0.2) is 47.4 Å². The van der Waals surface area contributed by atoms with Gasteiger partial charge in [-0.15, -0.1) is 5.10 Å². The lowest BCUT2D eigenvalue weighted by molar-refractivity contribution is -0.134. The number of fused-ring (bicyclic) bond motifs is 1. The number of thiazole rings is 1. The average Bonchev–Trinajstić information content (AvgIpc) is 3.58. The predicted octanol–water partition coefficient (Wildman–Crippen LogP) is 4.90. The van der Waals surface area contributed by atoms with Crippen molar-refractivity contribution in [1.82, 2.24) is 29.4 Å². The van der Waals surface area contributed by atoms with E-state index in [4.69, 9.17) is 0 Å². The summed E-state index contributed by atoms with van der Waals surface area (Å²) >= 11 is 1.08. The van der Waals surface area contributed by atoms with Gasteiger partial charge in [-0.25, -0.2) is 17.9 Å². The Bertz CT molecular complexity index is 1720. The van der Waals surface area contributed by atoms with E-state index in [1.807, 2.05) is 13.1 Å². The first-order chi connectivity index (χ1) is 20.5. The number of hydrogen-bond acceptors (Lipinski definition) is 6. The third-order valence-electron chi connectivity index (χ3n) is 8.81. The van der Waals surface area contributed by atoms with Crippen LogP contribution in [0.3, 0.4) is 0 Å². The quantitative estimate of drug-likeness (QED) is 0.311. The van der Waals surface area contributed by atoms with Gasteiger partial charge in [0.1, 0.15) is 29.7 Å². The number of aryl methyl sites for hydroxylation is 1. The number of aromatic nitrogens is 4. The van der Waals surface area contributed by atoms with Crippen LogP contribution in [0.5, 0.6) is 0 Å². The Morgan fingerprint density at radius 1 is 1.05 bits per heavy atom. The van der Waals surface area contributed by atoms with E-state index in [0.717, 1.165) is 40.8 Å². The topological polar surface area (TPSA) is 76.3 Å². The number of nitrogens with zero attached hydrogens (tertiary/aromatic N) is 6. The van der Waals surface area contributed by atoms with Gasteiger partial charge < -0.3 is 4.90 Å². The van der Waals surface area contributed by atoms with Gasteiger partial charge in [0, 0.05) is 37.1 Å². The Morgan fingerprint density at radius 2 is 1.77 bits per heavy atom. The summed E-state index contributed by atoms with van der Waals surface area (Å²) in [6, 6.07) is 7.97. The fourth-order valence-electron chi connectivity index (χ4n) is 6.33. The Kier molecular flexibility index (Phi) is 7.76. The molecule has 1 fully saturated rings. The highest BCUT2D eigenvalue weighted by Gasteiger charge is 2.36. The Morgan fingerprint density at radius 3 is 2.49 bits per heavy atom. The van der Waals surface area contributed by atoms with Crippen LogP contribution in [0, 0.1) is 24.4 Å². The molecule has 4 aromatic rings. The molecule has 1 aliphatic carbocycles. The molecule has 3 heterocycles. The summed E-state index contributed by atoms with van der Waals surface area (Å²) in [5, 5.41) is 8.84. The van der Waals surface area contributed by atoms with Crippen LogP contribution in [0.25, 0.3) is 11.3 Å². The van der Waals surface area contributed by atoms with Gasteiger partial charge in [-0.2, -0.15) is 0 Å². The minimum Gasteiger partial charge on any atom is -0.339 e. The largest absolute Gasteiger partial charge is 0.339 e. The molecule has 0 N–H and O–H groups in total. The molecule has 43 heavy (non-hydrogen) atoms. The number of rotatable bonds is 6. The van der Waals surface area contributed by atoms with Crippen molar-refractivity contribution in [2.24, 2.45) is 0 Å². The molecule has 0 bridgehead atoms. The third kappa shape index (κ3) is 5.53. The molecule has 12 heteroatoms. The van der Waals surface area contributed by atoms with Gasteiger partial charge >= 0.3 is 4.87 Å². The molecule has 1 saturated heterocycles. The van der Waals surface area contributed by atoms with Crippen LogP contribution in [0.2, 0.25) is 0 Å². The molecular weight excluding hydrogens is 577 g/mol. The molecule has 0 radical (unpaired) electrons. The van der Waals surface area contributed by atoms with Crippen LogP contribution in [-0.2, 0) is 23.3 Å². The van der Waals surface area contributed by atoms with Crippen LogP contribution in [0.1, 0.15) is 54.4 Å². The first kappa shape index (κ1) is 29.3. The zero-order valence-corrected chi connectivity index (χ0v) is 25.1. The molecule has 0 saturated carbocycles. The minimum absolute atomic E-state index is 0.0857. The monoisotopic (exact) mass is 610 g/mol. The van der Waals surface area contributed by atoms with Crippen molar-refractivity contribution in [3.05, 3.63) is 91.4 Å². The highest BCUT2D eigenvalue weighted by atomic mass is 32.1. The van der Waals surface area contributed by atoms with E-state index in [-0.39, 0.29) is 29.2 Å². The van der Waals surface area contributed by atoms with E-state index in [1.165, 1.54) is 22.8 Å². The van der Waals surface area contributed by atoms with Crippen molar-refractivity contribution in [3.63, 3.8) is 0 Å². The first-order valence-corrected chi connectivity index (χ1v) is 15.2. The average molecular weight is 611 g/mol. The SMILES string of the molecule is Cc1sc(=O)n(CC(=O)N2CCN(C(C)(C)c3cn([C@@H]4CCCc5c(F)cc(F)cc54)nn3)CC2)c1-c1ccc(F)cc1. The summed E-state index contributed by atoms with van der Waals surface area (Å²) in [5.74, 6) is -1.63. The summed E-state index contributed by atoms with van der Waals surface area (Å²) < 4.78 is 45.2. The van der Waals surface area contributed by atoms with E-state index in [1.54, 1.807) is 21.7 Å². The third-order valence-corrected chi connectivity index (χ3v) is 9.71. The van der Waals surface area contributed by atoms with Crippen molar-refractivity contribution < 1.29 is 18.0 Å². The van der Waals surface area contributed by atoms with Gasteiger partial charge in [-0.3, -0.25) is 19.1 Å². The first-order valence-electron chi connectivity index (χ1n) is 14.4. The van der Waals surface area contributed by atoms with Crippen LogP contribution in [-0.4, -0.2) is 61.4 Å². The molecule has 2 aromatic heterocycles. The van der Waals surface area contributed by atoms with E-state index in [9.17, 15) is 22.8 Å². The molecule has 0 spiro atoms. The zero-order chi connectivity index (χ0) is 30.5. The molecule has 2 aliphatic rings. The van der Waals surface area contributed by atoms with E-state index in [2.05, 4.69) is 29.1 Å². The van der Waals surface area contributed by atoms with E-state index < -0.39 is 17.2 Å². The van der Waals surface area contributed by atoms with Crippen molar-refractivity contribution in [2.45, 2.75) is 58.2 Å². The molecular formula is C31H33F3N6O2S. The second kappa shape index (κ2) is 11.4. The molecule has 6 rings (SSSR count). The van der Waals surface area contributed by atoms with Crippen LogP contribution in [0.4, 0.5) is 13.2 Å².